The highest BCUT2D eigenvalue weighted by molar-refractivity contribution is 5.80. The molecule has 0 fully saturated rings. The Morgan fingerprint density at radius 3 is 1.30 bits per heavy atom. The first-order valence-electron chi connectivity index (χ1n) is 11.3. The SMILES string of the molecule is Cc1ccc(OC2(Oc3ccc(C)cc3C(F)(F)F)c3ccccc3-c3ccccc32)c(C(F)(F)F)c1. The third-order valence-electron chi connectivity index (χ3n) is 6.24. The van der Waals surface area contributed by atoms with E-state index in [4.69, 9.17) is 9.47 Å². The second kappa shape index (κ2) is 8.57. The Balaban J connectivity index is 1.79. The minimum Gasteiger partial charge on any atom is -0.444 e. The summed E-state index contributed by atoms with van der Waals surface area (Å²) >= 11 is 0. The molecule has 0 atom stereocenters. The number of hydrogen-bond donors (Lipinski definition) is 0. The van der Waals surface area contributed by atoms with Gasteiger partial charge in [0.25, 0.3) is 0 Å². The molecule has 0 heterocycles. The molecule has 0 saturated carbocycles. The van der Waals surface area contributed by atoms with Gasteiger partial charge in [0.2, 0.25) is 0 Å². The van der Waals surface area contributed by atoms with Crippen LogP contribution in [0.5, 0.6) is 11.5 Å². The van der Waals surface area contributed by atoms with Crippen LogP contribution in [0.2, 0.25) is 0 Å². The molecule has 0 bridgehead atoms. The van der Waals surface area contributed by atoms with E-state index in [2.05, 4.69) is 0 Å². The van der Waals surface area contributed by atoms with Crippen molar-refractivity contribution in [3.05, 3.63) is 118 Å². The van der Waals surface area contributed by atoms with Gasteiger partial charge in [-0.05, 0) is 49.2 Å². The normalized spacial score (nSPS) is 14.2. The van der Waals surface area contributed by atoms with Gasteiger partial charge in [-0.15, -0.1) is 0 Å². The number of rotatable bonds is 4. The van der Waals surface area contributed by atoms with Gasteiger partial charge in [0.05, 0.1) is 11.1 Å². The van der Waals surface area contributed by atoms with Gasteiger partial charge in [-0.25, -0.2) is 0 Å². The molecule has 190 valence electrons. The Hall–Kier alpha value is -3.94. The van der Waals surface area contributed by atoms with E-state index < -0.39 is 40.8 Å². The molecular formula is C29H20F6O2. The van der Waals surface area contributed by atoms with E-state index in [-0.39, 0.29) is 0 Å². The van der Waals surface area contributed by atoms with Crippen LogP contribution in [0.1, 0.15) is 33.4 Å². The zero-order valence-electron chi connectivity index (χ0n) is 19.7. The van der Waals surface area contributed by atoms with Gasteiger partial charge in [-0.2, -0.15) is 26.3 Å². The minimum absolute atomic E-state index is 0.290. The summed E-state index contributed by atoms with van der Waals surface area (Å²) in [5, 5.41) is 0. The summed E-state index contributed by atoms with van der Waals surface area (Å²) in [7, 11) is 0. The lowest BCUT2D eigenvalue weighted by atomic mass is 10.0. The largest absolute Gasteiger partial charge is 0.444 e. The number of hydrogen-bond acceptors (Lipinski definition) is 2. The van der Waals surface area contributed by atoms with Crippen LogP contribution in [-0.2, 0) is 18.1 Å². The molecule has 4 aromatic rings. The zero-order chi connectivity index (χ0) is 26.6. The van der Waals surface area contributed by atoms with Crippen molar-refractivity contribution >= 4 is 0 Å². The maximum Gasteiger partial charge on any atom is 0.419 e. The minimum atomic E-state index is -4.78. The van der Waals surface area contributed by atoms with E-state index in [1.54, 1.807) is 48.5 Å². The molecule has 0 amide bonds. The van der Waals surface area contributed by atoms with Gasteiger partial charge < -0.3 is 9.47 Å². The molecule has 0 spiro atoms. The zero-order valence-corrected chi connectivity index (χ0v) is 19.7. The number of halogens is 6. The topological polar surface area (TPSA) is 18.5 Å². The van der Waals surface area contributed by atoms with Crippen LogP contribution >= 0.6 is 0 Å². The number of ether oxygens (including phenoxy) is 2. The van der Waals surface area contributed by atoms with Crippen molar-refractivity contribution in [3.63, 3.8) is 0 Å². The van der Waals surface area contributed by atoms with Gasteiger partial charge in [-0.3, -0.25) is 0 Å². The quantitative estimate of drug-likeness (QED) is 0.200. The molecule has 0 aliphatic heterocycles. The number of aryl methyl sites for hydroxylation is 2. The fourth-order valence-electron chi connectivity index (χ4n) is 4.61. The van der Waals surface area contributed by atoms with Gasteiger partial charge in [0, 0.05) is 11.1 Å². The van der Waals surface area contributed by atoms with E-state index in [0.29, 0.717) is 33.4 Å². The fourth-order valence-corrected chi connectivity index (χ4v) is 4.61. The van der Waals surface area contributed by atoms with Crippen molar-refractivity contribution in [3.8, 4) is 22.6 Å². The van der Waals surface area contributed by atoms with E-state index in [0.717, 1.165) is 24.3 Å². The molecule has 0 radical (unpaired) electrons. The van der Waals surface area contributed by atoms with Gasteiger partial charge in [0.1, 0.15) is 11.5 Å². The van der Waals surface area contributed by atoms with E-state index in [1.165, 1.54) is 26.0 Å². The molecule has 0 aromatic heterocycles. The third kappa shape index (κ3) is 4.30. The first-order chi connectivity index (χ1) is 17.4. The third-order valence-corrected chi connectivity index (χ3v) is 6.24. The summed E-state index contributed by atoms with van der Waals surface area (Å²) in [5.41, 5.74) is 0.324. The standard InChI is InChI=1S/C29H20F6O2/c1-17-11-13-25(23(15-17)28(30,31)32)36-27(37-26-14-12-18(2)16-24(26)29(33,34)35)21-9-5-3-7-19(21)20-8-4-6-10-22(20)27/h3-16H,1-2H3. The molecule has 8 heteroatoms. The van der Waals surface area contributed by atoms with E-state index in [1.807, 2.05) is 0 Å². The molecule has 0 N–H and O–H groups in total. The molecule has 0 unspecified atom stereocenters. The average Bonchev–Trinajstić information content (AvgIpc) is 3.10. The average molecular weight is 514 g/mol. The van der Waals surface area contributed by atoms with Crippen LogP contribution in [0.25, 0.3) is 11.1 Å². The highest BCUT2D eigenvalue weighted by Crippen LogP contribution is 2.53. The van der Waals surface area contributed by atoms with Crippen LogP contribution < -0.4 is 9.47 Å². The first-order valence-corrected chi connectivity index (χ1v) is 11.3. The van der Waals surface area contributed by atoms with Crippen molar-refractivity contribution in [2.75, 3.05) is 0 Å². The number of alkyl halides is 6. The fraction of sp³-hybridized carbons (Fsp3) is 0.172. The Morgan fingerprint density at radius 2 is 0.919 bits per heavy atom. The number of fused-ring (bicyclic) bond motifs is 3. The molecular weight excluding hydrogens is 494 g/mol. The van der Waals surface area contributed by atoms with Crippen molar-refractivity contribution in [1.82, 2.24) is 0 Å². The lowest BCUT2D eigenvalue weighted by molar-refractivity contribution is -0.148. The maximum atomic E-state index is 14.0. The lowest BCUT2D eigenvalue weighted by Crippen LogP contribution is -2.40. The van der Waals surface area contributed by atoms with Crippen LogP contribution in [0, 0.1) is 13.8 Å². The molecule has 4 aromatic carbocycles. The Bertz CT molecular complexity index is 1370. The van der Waals surface area contributed by atoms with Crippen molar-refractivity contribution in [2.45, 2.75) is 32.0 Å². The first kappa shape index (κ1) is 24.7. The van der Waals surface area contributed by atoms with Crippen LogP contribution in [-0.4, -0.2) is 0 Å². The van der Waals surface area contributed by atoms with Crippen LogP contribution in [0.15, 0.2) is 84.9 Å². The summed E-state index contributed by atoms with van der Waals surface area (Å²) in [5.74, 6) is -3.26. The van der Waals surface area contributed by atoms with Crippen molar-refractivity contribution in [1.29, 1.82) is 0 Å². The van der Waals surface area contributed by atoms with Gasteiger partial charge in [0.15, 0.2) is 0 Å². The summed E-state index contributed by atoms with van der Waals surface area (Å²) in [6.45, 7) is 3.01. The van der Waals surface area contributed by atoms with Crippen LogP contribution in [0.4, 0.5) is 26.3 Å². The molecule has 5 rings (SSSR count). The monoisotopic (exact) mass is 514 g/mol. The molecule has 0 saturated heterocycles. The molecule has 37 heavy (non-hydrogen) atoms. The molecule has 2 nitrogen and oxygen atoms in total. The predicted octanol–water partition coefficient (Wildman–Crippen LogP) is 8.68. The summed E-state index contributed by atoms with van der Waals surface area (Å²) in [6, 6.07) is 20.4. The number of benzene rings is 4. The highest BCUT2D eigenvalue weighted by Gasteiger charge is 2.51. The van der Waals surface area contributed by atoms with E-state index >= 15 is 0 Å². The highest BCUT2D eigenvalue weighted by atomic mass is 19.4. The molecule has 1 aliphatic carbocycles. The van der Waals surface area contributed by atoms with Crippen LogP contribution in [0.3, 0.4) is 0 Å². The molecule has 1 aliphatic rings. The second-order valence-corrected chi connectivity index (χ2v) is 8.91. The summed E-state index contributed by atoms with van der Waals surface area (Å²) < 4.78 is 96.5. The van der Waals surface area contributed by atoms with Crippen molar-refractivity contribution < 1.29 is 35.8 Å². The van der Waals surface area contributed by atoms with Crippen molar-refractivity contribution in [2.24, 2.45) is 0 Å². The van der Waals surface area contributed by atoms with Gasteiger partial charge in [-0.1, -0.05) is 71.8 Å². The summed E-state index contributed by atoms with van der Waals surface area (Å²) in [6.07, 6.45) is -9.55. The smallest absolute Gasteiger partial charge is 0.419 e. The summed E-state index contributed by atoms with van der Waals surface area (Å²) in [4.78, 5) is 0. The van der Waals surface area contributed by atoms with E-state index in [9.17, 15) is 26.3 Å². The Morgan fingerprint density at radius 1 is 0.541 bits per heavy atom. The van der Waals surface area contributed by atoms with Gasteiger partial charge >= 0.3 is 18.1 Å². The Labute approximate surface area is 209 Å². The Kier molecular flexibility index (Phi) is 5.73. The maximum absolute atomic E-state index is 14.0. The second-order valence-electron chi connectivity index (χ2n) is 8.91. The predicted molar refractivity (Wildman–Crippen MR) is 126 cm³/mol. The lowest BCUT2D eigenvalue weighted by Gasteiger charge is -2.34.